The molecule has 0 heterocycles. The summed E-state index contributed by atoms with van der Waals surface area (Å²) in [6, 6.07) is 0. The van der Waals surface area contributed by atoms with Crippen molar-refractivity contribution in [3.63, 3.8) is 0 Å². The van der Waals surface area contributed by atoms with E-state index in [4.69, 9.17) is 0 Å². The minimum atomic E-state index is -4.09. The van der Waals surface area contributed by atoms with Gasteiger partial charge in [0.1, 0.15) is 0 Å². The van der Waals surface area contributed by atoms with Crippen LogP contribution in [0.2, 0.25) is 0 Å². The summed E-state index contributed by atoms with van der Waals surface area (Å²) in [5, 5.41) is 2.35. The van der Waals surface area contributed by atoms with Gasteiger partial charge >= 0.3 is 6.18 Å². The van der Waals surface area contributed by atoms with Crippen LogP contribution in [0.4, 0.5) is 13.2 Å². The van der Waals surface area contributed by atoms with Crippen LogP contribution in [0.1, 0.15) is 20.8 Å². The van der Waals surface area contributed by atoms with Gasteiger partial charge in [-0.15, -0.1) is 0 Å². The first-order chi connectivity index (χ1) is 5.71. The van der Waals surface area contributed by atoms with Crippen LogP contribution < -0.4 is 5.32 Å². The van der Waals surface area contributed by atoms with Crippen molar-refractivity contribution in [1.29, 1.82) is 0 Å². The summed E-state index contributed by atoms with van der Waals surface area (Å²) in [5.41, 5.74) is 0. The molecule has 0 aliphatic carbocycles. The van der Waals surface area contributed by atoms with Crippen molar-refractivity contribution < 1.29 is 13.2 Å². The summed E-state index contributed by atoms with van der Waals surface area (Å²) in [5.74, 6) is 0.708. The lowest BCUT2D eigenvalue weighted by atomic mass is 10.3. The lowest BCUT2D eigenvalue weighted by Gasteiger charge is -2.17. The SMILES string of the molecule is CC(C)(C)SCCNCC(F)(F)F. The largest absolute Gasteiger partial charge is 0.401 e. The van der Waals surface area contributed by atoms with Crippen LogP contribution >= 0.6 is 11.8 Å². The number of thioether (sulfide) groups is 1. The zero-order chi connectivity index (χ0) is 10.5. The van der Waals surface area contributed by atoms with Crippen molar-refractivity contribution in [1.82, 2.24) is 5.32 Å². The number of rotatable bonds is 4. The highest BCUT2D eigenvalue weighted by Gasteiger charge is 2.25. The Labute approximate surface area is 81.5 Å². The highest BCUT2D eigenvalue weighted by Crippen LogP contribution is 2.22. The van der Waals surface area contributed by atoms with Crippen molar-refractivity contribution in [2.75, 3.05) is 18.8 Å². The van der Waals surface area contributed by atoms with Gasteiger partial charge in [-0.05, 0) is 0 Å². The molecule has 0 bridgehead atoms. The van der Waals surface area contributed by atoms with Crippen LogP contribution in [0.5, 0.6) is 0 Å². The Morgan fingerprint density at radius 3 is 2.08 bits per heavy atom. The summed E-state index contributed by atoms with van der Waals surface area (Å²) < 4.78 is 35.1. The van der Waals surface area contributed by atoms with Gasteiger partial charge in [0.2, 0.25) is 0 Å². The predicted molar refractivity (Wildman–Crippen MR) is 51.1 cm³/mol. The van der Waals surface area contributed by atoms with E-state index in [2.05, 4.69) is 5.32 Å². The fourth-order valence-corrected chi connectivity index (χ4v) is 1.52. The number of nitrogens with one attached hydrogen (secondary N) is 1. The third kappa shape index (κ3) is 12.1. The Hall–Kier alpha value is 0.100. The van der Waals surface area contributed by atoms with E-state index in [9.17, 15) is 13.2 Å². The maximum Gasteiger partial charge on any atom is 0.401 e. The molecule has 0 rings (SSSR count). The maximum atomic E-state index is 11.6. The van der Waals surface area contributed by atoms with E-state index in [1.165, 1.54) is 0 Å². The van der Waals surface area contributed by atoms with Gasteiger partial charge in [-0.2, -0.15) is 24.9 Å². The average molecular weight is 215 g/mol. The topological polar surface area (TPSA) is 12.0 Å². The van der Waals surface area contributed by atoms with E-state index in [-0.39, 0.29) is 4.75 Å². The highest BCUT2D eigenvalue weighted by atomic mass is 32.2. The molecule has 0 aliphatic rings. The van der Waals surface area contributed by atoms with Gasteiger partial charge in [-0.3, -0.25) is 0 Å². The smallest absolute Gasteiger partial charge is 0.308 e. The second kappa shape index (κ2) is 5.10. The van der Waals surface area contributed by atoms with Crippen LogP contribution in [0.15, 0.2) is 0 Å². The molecule has 5 heteroatoms. The van der Waals surface area contributed by atoms with Gasteiger partial charge < -0.3 is 5.32 Å². The average Bonchev–Trinajstić information content (AvgIpc) is 1.81. The number of halogens is 3. The predicted octanol–water partition coefficient (Wildman–Crippen LogP) is 2.67. The Kier molecular flexibility index (Phi) is 5.14. The molecule has 0 fully saturated rings. The molecule has 0 aromatic carbocycles. The number of hydrogen-bond acceptors (Lipinski definition) is 2. The molecule has 0 saturated heterocycles. The van der Waals surface area contributed by atoms with E-state index in [0.717, 1.165) is 0 Å². The van der Waals surface area contributed by atoms with Crippen LogP contribution in [-0.4, -0.2) is 29.8 Å². The molecule has 0 aliphatic heterocycles. The standard InChI is InChI=1S/C8H16F3NS/c1-7(2,3)13-5-4-12-6-8(9,10)11/h12H,4-6H2,1-3H3. The fraction of sp³-hybridized carbons (Fsp3) is 1.00. The van der Waals surface area contributed by atoms with Crippen molar-refractivity contribution in [3.8, 4) is 0 Å². The molecule has 0 amide bonds. The van der Waals surface area contributed by atoms with Crippen molar-refractivity contribution in [2.24, 2.45) is 0 Å². The van der Waals surface area contributed by atoms with E-state index in [0.29, 0.717) is 12.3 Å². The van der Waals surface area contributed by atoms with Gasteiger partial charge in [0, 0.05) is 17.0 Å². The molecule has 0 atom stereocenters. The molecular formula is C8H16F3NS. The zero-order valence-electron chi connectivity index (χ0n) is 8.16. The summed E-state index contributed by atoms with van der Waals surface area (Å²) >= 11 is 1.65. The molecule has 1 nitrogen and oxygen atoms in total. The summed E-state index contributed by atoms with van der Waals surface area (Å²) in [7, 11) is 0. The maximum absolute atomic E-state index is 11.6. The summed E-state index contributed by atoms with van der Waals surface area (Å²) in [6.45, 7) is 5.64. The lowest BCUT2D eigenvalue weighted by molar-refractivity contribution is -0.124. The third-order valence-electron chi connectivity index (χ3n) is 1.14. The molecule has 1 N–H and O–H groups in total. The Morgan fingerprint density at radius 2 is 1.69 bits per heavy atom. The van der Waals surface area contributed by atoms with Crippen LogP contribution in [0, 0.1) is 0 Å². The van der Waals surface area contributed by atoms with Gasteiger partial charge in [0.25, 0.3) is 0 Å². The van der Waals surface area contributed by atoms with E-state index < -0.39 is 12.7 Å². The minimum absolute atomic E-state index is 0.125. The van der Waals surface area contributed by atoms with Gasteiger partial charge in [0.15, 0.2) is 0 Å². The Bertz CT molecular complexity index is 123. The molecule has 0 saturated carbocycles. The molecule has 0 aromatic heterocycles. The summed E-state index contributed by atoms with van der Waals surface area (Å²) in [6.07, 6.45) is -4.09. The van der Waals surface area contributed by atoms with Crippen LogP contribution in [0.25, 0.3) is 0 Å². The molecular weight excluding hydrogens is 199 g/mol. The first-order valence-electron chi connectivity index (χ1n) is 4.12. The van der Waals surface area contributed by atoms with E-state index in [1.54, 1.807) is 11.8 Å². The second-order valence-electron chi connectivity index (χ2n) is 3.75. The number of hydrogen-bond donors (Lipinski definition) is 1. The summed E-state index contributed by atoms with van der Waals surface area (Å²) in [4.78, 5) is 0. The van der Waals surface area contributed by atoms with Crippen LogP contribution in [0.3, 0.4) is 0 Å². The van der Waals surface area contributed by atoms with E-state index in [1.807, 2.05) is 20.8 Å². The Balaban J connectivity index is 3.28. The van der Waals surface area contributed by atoms with Crippen molar-refractivity contribution in [3.05, 3.63) is 0 Å². The molecule has 80 valence electrons. The first kappa shape index (κ1) is 13.1. The quantitative estimate of drug-likeness (QED) is 0.724. The van der Waals surface area contributed by atoms with Crippen molar-refractivity contribution in [2.45, 2.75) is 31.7 Å². The molecule has 0 unspecified atom stereocenters. The molecule has 0 aromatic rings. The zero-order valence-corrected chi connectivity index (χ0v) is 8.98. The first-order valence-corrected chi connectivity index (χ1v) is 5.11. The second-order valence-corrected chi connectivity index (χ2v) is 5.67. The fourth-order valence-electron chi connectivity index (χ4n) is 0.660. The minimum Gasteiger partial charge on any atom is -0.308 e. The third-order valence-corrected chi connectivity index (χ3v) is 2.41. The van der Waals surface area contributed by atoms with Crippen molar-refractivity contribution >= 4 is 11.8 Å². The monoisotopic (exact) mass is 215 g/mol. The molecule has 0 radical (unpaired) electrons. The molecule has 13 heavy (non-hydrogen) atoms. The van der Waals surface area contributed by atoms with Gasteiger partial charge in [-0.25, -0.2) is 0 Å². The normalized spacial score (nSPS) is 13.4. The van der Waals surface area contributed by atoms with Crippen LogP contribution in [-0.2, 0) is 0 Å². The van der Waals surface area contributed by atoms with Gasteiger partial charge in [0.05, 0.1) is 6.54 Å². The van der Waals surface area contributed by atoms with E-state index >= 15 is 0 Å². The lowest BCUT2D eigenvalue weighted by Crippen LogP contribution is -2.30. The number of alkyl halides is 3. The highest BCUT2D eigenvalue weighted by molar-refractivity contribution is 8.00. The van der Waals surface area contributed by atoms with Gasteiger partial charge in [-0.1, -0.05) is 20.8 Å². The Morgan fingerprint density at radius 1 is 1.15 bits per heavy atom. The molecule has 0 spiro atoms.